The maximum absolute atomic E-state index is 11.5. The molecule has 1 aromatic carbocycles. The highest BCUT2D eigenvalue weighted by molar-refractivity contribution is 6.53. The molecular formula is C13H16Cl2N2O3. The van der Waals surface area contributed by atoms with Gasteiger partial charge in [0.15, 0.2) is 4.84 Å². The minimum atomic E-state index is -1.09. The second-order valence-corrected chi connectivity index (χ2v) is 4.95. The van der Waals surface area contributed by atoms with Crippen molar-refractivity contribution in [3.63, 3.8) is 0 Å². The van der Waals surface area contributed by atoms with Crippen LogP contribution in [0, 0.1) is 0 Å². The summed E-state index contributed by atoms with van der Waals surface area (Å²) < 4.78 is 5.39. The van der Waals surface area contributed by atoms with E-state index < -0.39 is 10.7 Å². The quantitative estimate of drug-likeness (QED) is 0.563. The molecule has 0 aliphatic heterocycles. The summed E-state index contributed by atoms with van der Waals surface area (Å²) in [5.74, 6) is 0.0984. The van der Waals surface area contributed by atoms with E-state index in [2.05, 4.69) is 10.6 Å². The standard InChI is InChI=1S/C13H16Cl2N2O3/c14-12(15)13(19)17-8-7-16-11(18)6-9-20-10-4-2-1-3-5-10/h1-5,12H,6-9H2,(H,16,18)(H,17,19). The smallest absolute Gasteiger partial charge is 0.253 e. The monoisotopic (exact) mass is 318 g/mol. The largest absolute Gasteiger partial charge is 0.493 e. The molecule has 0 bridgehead atoms. The van der Waals surface area contributed by atoms with Crippen molar-refractivity contribution in [1.82, 2.24) is 10.6 Å². The lowest BCUT2D eigenvalue weighted by Gasteiger charge is -2.08. The van der Waals surface area contributed by atoms with Gasteiger partial charge >= 0.3 is 0 Å². The van der Waals surface area contributed by atoms with Crippen molar-refractivity contribution < 1.29 is 14.3 Å². The van der Waals surface area contributed by atoms with Crippen LogP contribution in [0.2, 0.25) is 0 Å². The molecule has 1 aromatic rings. The van der Waals surface area contributed by atoms with Gasteiger partial charge in [-0.15, -0.1) is 0 Å². The van der Waals surface area contributed by atoms with E-state index in [4.69, 9.17) is 27.9 Å². The lowest BCUT2D eigenvalue weighted by molar-refractivity contribution is -0.122. The molecule has 5 nitrogen and oxygen atoms in total. The molecule has 0 unspecified atom stereocenters. The Balaban J connectivity index is 2.05. The number of rotatable bonds is 8. The molecule has 0 saturated heterocycles. The molecular weight excluding hydrogens is 303 g/mol. The first kappa shape index (κ1) is 16.6. The van der Waals surface area contributed by atoms with E-state index in [1.165, 1.54) is 0 Å². The highest BCUT2D eigenvalue weighted by Crippen LogP contribution is 2.08. The third-order valence-corrected chi connectivity index (χ3v) is 2.68. The number of carbonyl (C=O) groups excluding carboxylic acids is 2. The zero-order valence-electron chi connectivity index (χ0n) is 10.8. The number of nitrogens with one attached hydrogen (secondary N) is 2. The number of alkyl halides is 2. The molecule has 2 amide bonds. The fourth-order valence-corrected chi connectivity index (χ4v) is 1.49. The Morgan fingerprint density at radius 3 is 2.40 bits per heavy atom. The normalized spacial score (nSPS) is 10.2. The Labute approximate surface area is 127 Å². The minimum absolute atomic E-state index is 0.150. The molecule has 0 heterocycles. The first-order chi connectivity index (χ1) is 9.59. The zero-order valence-corrected chi connectivity index (χ0v) is 12.3. The first-order valence-electron chi connectivity index (χ1n) is 6.10. The van der Waals surface area contributed by atoms with Crippen molar-refractivity contribution >= 4 is 35.0 Å². The number of hydrogen-bond donors (Lipinski definition) is 2. The van der Waals surface area contributed by atoms with Crippen molar-refractivity contribution in [2.24, 2.45) is 0 Å². The van der Waals surface area contributed by atoms with Gasteiger partial charge in [-0.1, -0.05) is 41.4 Å². The molecule has 0 atom stereocenters. The van der Waals surface area contributed by atoms with Crippen LogP contribution >= 0.6 is 23.2 Å². The van der Waals surface area contributed by atoms with E-state index in [9.17, 15) is 9.59 Å². The van der Waals surface area contributed by atoms with Gasteiger partial charge in [0.2, 0.25) is 5.91 Å². The number of halogens is 2. The van der Waals surface area contributed by atoms with E-state index in [1.54, 1.807) is 0 Å². The Kier molecular flexibility index (Phi) is 7.84. The highest BCUT2D eigenvalue weighted by atomic mass is 35.5. The lowest BCUT2D eigenvalue weighted by Crippen LogP contribution is -2.37. The molecule has 0 fully saturated rings. The van der Waals surface area contributed by atoms with E-state index in [-0.39, 0.29) is 18.9 Å². The van der Waals surface area contributed by atoms with E-state index in [0.717, 1.165) is 5.75 Å². The molecule has 110 valence electrons. The van der Waals surface area contributed by atoms with Crippen LogP contribution in [0.15, 0.2) is 30.3 Å². The fourth-order valence-electron chi connectivity index (χ4n) is 1.33. The van der Waals surface area contributed by atoms with Crippen LogP contribution in [0.25, 0.3) is 0 Å². The maximum atomic E-state index is 11.5. The molecule has 1 rings (SSSR count). The average Bonchev–Trinajstić information content (AvgIpc) is 2.44. The molecule has 0 radical (unpaired) electrons. The average molecular weight is 319 g/mol. The summed E-state index contributed by atoms with van der Waals surface area (Å²) in [7, 11) is 0. The van der Waals surface area contributed by atoms with Gasteiger partial charge in [-0.3, -0.25) is 9.59 Å². The van der Waals surface area contributed by atoms with Gasteiger partial charge in [0.05, 0.1) is 13.0 Å². The van der Waals surface area contributed by atoms with Gasteiger partial charge in [-0.2, -0.15) is 0 Å². The topological polar surface area (TPSA) is 67.4 Å². The zero-order chi connectivity index (χ0) is 14.8. The summed E-state index contributed by atoms with van der Waals surface area (Å²) in [4.78, 5) is 21.4. The van der Waals surface area contributed by atoms with Crippen LogP contribution in [0.4, 0.5) is 0 Å². The molecule has 0 aromatic heterocycles. The van der Waals surface area contributed by atoms with Crippen molar-refractivity contribution in [2.75, 3.05) is 19.7 Å². The second kappa shape index (κ2) is 9.44. The summed E-state index contributed by atoms with van der Waals surface area (Å²) in [6, 6.07) is 9.25. The first-order valence-corrected chi connectivity index (χ1v) is 6.97. The summed E-state index contributed by atoms with van der Waals surface area (Å²) in [5, 5.41) is 5.11. The highest BCUT2D eigenvalue weighted by Gasteiger charge is 2.09. The van der Waals surface area contributed by atoms with Gasteiger partial charge in [0.25, 0.3) is 5.91 Å². The number of benzene rings is 1. The fraction of sp³-hybridized carbons (Fsp3) is 0.385. The van der Waals surface area contributed by atoms with Crippen LogP contribution in [0.5, 0.6) is 5.75 Å². The third-order valence-electron chi connectivity index (χ3n) is 2.29. The summed E-state index contributed by atoms with van der Waals surface area (Å²) >= 11 is 10.7. The Bertz CT molecular complexity index is 427. The maximum Gasteiger partial charge on any atom is 0.253 e. The van der Waals surface area contributed by atoms with Crippen LogP contribution in [0.3, 0.4) is 0 Å². The molecule has 2 N–H and O–H groups in total. The van der Waals surface area contributed by atoms with Crippen molar-refractivity contribution in [1.29, 1.82) is 0 Å². The van der Waals surface area contributed by atoms with Crippen LogP contribution in [0.1, 0.15) is 6.42 Å². The predicted octanol–water partition coefficient (Wildman–Crippen LogP) is 1.49. The Hall–Kier alpha value is -1.46. The van der Waals surface area contributed by atoms with Gasteiger partial charge in [0.1, 0.15) is 5.75 Å². The predicted molar refractivity (Wildman–Crippen MR) is 78.1 cm³/mol. The summed E-state index contributed by atoms with van der Waals surface area (Å²) in [6.45, 7) is 0.893. The lowest BCUT2D eigenvalue weighted by atomic mass is 10.3. The SMILES string of the molecule is O=C(CCOc1ccccc1)NCCNC(=O)C(Cl)Cl. The number of para-hydroxylation sites is 1. The Morgan fingerprint density at radius 1 is 1.10 bits per heavy atom. The number of amides is 2. The van der Waals surface area contributed by atoms with Crippen molar-refractivity contribution in [3.8, 4) is 5.75 Å². The molecule has 0 aliphatic carbocycles. The summed E-state index contributed by atoms with van der Waals surface area (Å²) in [6.07, 6.45) is 0.247. The molecule has 0 saturated carbocycles. The molecule has 20 heavy (non-hydrogen) atoms. The second-order valence-electron chi connectivity index (χ2n) is 3.85. The third kappa shape index (κ3) is 7.21. The summed E-state index contributed by atoms with van der Waals surface area (Å²) in [5.41, 5.74) is 0. The Morgan fingerprint density at radius 2 is 1.75 bits per heavy atom. The minimum Gasteiger partial charge on any atom is -0.493 e. The molecule has 0 spiro atoms. The van der Waals surface area contributed by atoms with Crippen molar-refractivity contribution in [2.45, 2.75) is 11.3 Å². The van der Waals surface area contributed by atoms with Gasteiger partial charge < -0.3 is 15.4 Å². The number of carbonyl (C=O) groups is 2. The van der Waals surface area contributed by atoms with E-state index in [1.807, 2.05) is 30.3 Å². The van der Waals surface area contributed by atoms with Gasteiger partial charge in [0, 0.05) is 13.1 Å². The van der Waals surface area contributed by atoms with Crippen LogP contribution < -0.4 is 15.4 Å². The van der Waals surface area contributed by atoms with Gasteiger partial charge in [-0.25, -0.2) is 0 Å². The van der Waals surface area contributed by atoms with E-state index in [0.29, 0.717) is 13.2 Å². The molecule has 7 heteroatoms. The van der Waals surface area contributed by atoms with Crippen LogP contribution in [-0.2, 0) is 9.59 Å². The number of ether oxygens (including phenoxy) is 1. The van der Waals surface area contributed by atoms with E-state index >= 15 is 0 Å². The van der Waals surface area contributed by atoms with Crippen LogP contribution in [-0.4, -0.2) is 36.3 Å². The number of hydrogen-bond acceptors (Lipinski definition) is 3. The van der Waals surface area contributed by atoms with Gasteiger partial charge in [-0.05, 0) is 12.1 Å². The molecule has 0 aliphatic rings. The van der Waals surface area contributed by atoms with Crippen molar-refractivity contribution in [3.05, 3.63) is 30.3 Å².